The lowest BCUT2D eigenvalue weighted by Gasteiger charge is -2.12. The second-order valence-corrected chi connectivity index (χ2v) is 10.5. The number of rotatable bonds is 12. The van der Waals surface area contributed by atoms with Crippen LogP contribution in [0.1, 0.15) is 35.7 Å². The Hall–Kier alpha value is -4.79. The predicted molar refractivity (Wildman–Crippen MR) is 171 cm³/mol. The van der Waals surface area contributed by atoms with Crippen LogP contribution in [-0.2, 0) is 20.3 Å². The zero-order valence-corrected chi connectivity index (χ0v) is 24.9. The van der Waals surface area contributed by atoms with Crippen LogP contribution in [0, 0.1) is 12.3 Å². The molecule has 212 valence electrons. The first-order valence-corrected chi connectivity index (χ1v) is 14.3. The molecule has 1 N–H and O–H groups in total. The molecule has 0 amide bonds. The highest BCUT2D eigenvalue weighted by Gasteiger charge is 2.28. The smallest absolute Gasteiger partial charge is 0.214 e. The van der Waals surface area contributed by atoms with E-state index < -0.39 is 0 Å². The Kier molecular flexibility index (Phi) is 9.38. The maximum atomic E-state index is 6.21. The van der Waals surface area contributed by atoms with Crippen molar-refractivity contribution in [2.45, 2.75) is 26.6 Å². The molecule has 0 aliphatic carbocycles. The van der Waals surface area contributed by atoms with Gasteiger partial charge in [-0.2, -0.15) is 4.58 Å². The second-order valence-electron chi connectivity index (χ2n) is 10.5. The molecule has 0 saturated heterocycles. The molecular formula is C37H38N3O2+. The molecule has 5 rings (SSSR count). The fourth-order valence-electron chi connectivity index (χ4n) is 5.16. The number of allylic oxidation sites excluding steroid dienone is 3. The van der Waals surface area contributed by atoms with E-state index in [1.165, 1.54) is 16.8 Å². The lowest BCUT2D eigenvalue weighted by atomic mass is 10.0. The largest absolute Gasteiger partial charge is 0.489 e. The predicted octanol–water partition coefficient (Wildman–Crippen LogP) is 6.86. The van der Waals surface area contributed by atoms with Crippen molar-refractivity contribution >= 4 is 17.4 Å². The summed E-state index contributed by atoms with van der Waals surface area (Å²) in [6.07, 6.45) is 10.6. The molecule has 0 bridgehead atoms. The summed E-state index contributed by atoms with van der Waals surface area (Å²) in [6, 6.07) is 31.6. The fourth-order valence-corrected chi connectivity index (χ4v) is 5.16. The van der Waals surface area contributed by atoms with E-state index in [4.69, 9.17) is 9.47 Å². The Bertz CT molecular complexity index is 1560. The van der Waals surface area contributed by atoms with Gasteiger partial charge in [0.2, 0.25) is 11.4 Å². The van der Waals surface area contributed by atoms with Gasteiger partial charge >= 0.3 is 0 Å². The van der Waals surface area contributed by atoms with E-state index in [-0.39, 0.29) is 0 Å². The van der Waals surface area contributed by atoms with Crippen molar-refractivity contribution in [2.75, 3.05) is 20.6 Å². The molecule has 0 radical (unpaired) electrons. The topological polar surface area (TPSA) is 38.4 Å². The first-order chi connectivity index (χ1) is 20.5. The average Bonchev–Trinajstić information content (AvgIpc) is 3.57. The van der Waals surface area contributed by atoms with E-state index in [1.54, 1.807) is 0 Å². The van der Waals surface area contributed by atoms with Crippen molar-refractivity contribution in [2.24, 2.45) is 7.05 Å². The third-order valence-electron chi connectivity index (χ3n) is 7.33. The van der Waals surface area contributed by atoms with E-state index in [1.807, 2.05) is 67.2 Å². The number of aromatic nitrogens is 1. The van der Waals surface area contributed by atoms with Crippen LogP contribution < -0.4 is 14.8 Å². The number of nitrogens with zero attached hydrogens (tertiary/aromatic N) is 2. The van der Waals surface area contributed by atoms with Crippen LogP contribution in [0.25, 0.3) is 11.6 Å². The number of ether oxygens (including phenoxy) is 2. The molecular weight excluding hydrogens is 518 g/mol. The summed E-state index contributed by atoms with van der Waals surface area (Å²) < 4.78 is 16.7. The molecule has 4 aromatic rings. The molecule has 42 heavy (non-hydrogen) atoms. The van der Waals surface area contributed by atoms with Gasteiger partial charge in [0.25, 0.3) is 0 Å². The molecule has 0 spiro atoms. The zero-order chi connectivity index (χ0) is 29.3. The normalized spacial score (nSPS) is 14.2. The third kappa shape index (κ3) is 7.09. The van der Waals surface area contributed by atoms with Gasteiger partial charge in [0.15, 0.2) is 0 Å². The zero-order valence-electron chi connectivity index (χ0n) is 24.9. The van der Waals surface area contributed by atoms with E-state index in [2.05, 4.69) is 90.8 Å². The minimum Gasteiger partial charge on any atom is -0.489 e. The lowest BCUT2D eigenvalue weighted by molar-refractivity contribution is -0.433. The first-order valence-electron chi connectivity index (χ1n) is 14.3. The van der Waals surface area contributed by atoms with Crippen LogP contribution in [-0.4, -0.2) is 35.5 Å². The molecule has 1 aliphatic rings. The highest BCUT2D eigenvalue weighted by atomic mass is 16.5. The SMILES string of the molecule is CNCCC(=C1C(C)=CC(C=Cc2cc(OCc3ccccc3)cc(OCc3ccccc3)c2)=[N+]1C)c1cc#cn1C. The fraction of sp³-hybridized carbons (Fsp3) is 0.216. The van der Waals surface area contributed by atoms with Crippen LogP contribution in [0.15, 0.2) is 108 Å². The Balaban J connectivity index is 1.44. The van der Waals surface area contributed by atoms with Gasteiger partial charge in [0.05, 0.1) is 11.3 Å². The Morgan fingerprint density at radius 2 is 1.52 bits per heavy atom. The van der Waals surface area contributed by atoms with Crippen LogP contribution >= 0.6 is 0 Å². The van der Waals surface area contributed by atoms with Crippen LogP contribution in [0.5, 0.6) is 11.5 Å². The summed E-state index contributed by atoms with van der Waals surface area (Å²) in [6.45, 7) is 4.05. The third-order valence-corrected chi connectivity index (χ3v) is 7.33. The van der Waals surface area contributed by atoms with Crippen molar-refractivity contribution in [3.05, 3.63) is 143 Å². The summed E-state index contributed by atoms with van der Waals surface area (Å²) >= 11 is 0. The molecule has 0 unspecified atom stereocenters. The quantitative estimate of drug-likeness (QED) is 0.194. The minimum atomic E-state index is 0.492. The van der Waals surface area contributed by atoms with Gasteiger partial charge in [-0.3, -0.25) is 0 Å². The Morgan fingerprint density at radius 3 is 2.07 bits per heavy atom. The maximum Gasteiger partial charge on any atom is 0.214 e. The van der Waals surface area contributed by atoms with Crippen LogP contribution in [0.4, 0.5) is 0 Å². The highest BCUT2D eigenvalue weighted by Crippen LogP contribution is 2.30. The molecule has 0 saturated carbocycles. The second kappa shape index (κ2) is 13.7. The molecule has 0 atom stereocenters. The number of hydrogen-bond donors (Lipinski definition) is 1. The molecule has 2 heterocycles. The number of likely N-dealkylation sites (N-methyl/N-ethyl adjacent to an activating group) is 1. The van der Waals surface area contributed by atoms with E-state index in [0.29, 0.717) is 13.2 Å². The van der Waals surface area contributed by atoms with Gasteiger partial charge in [-0.1, -0.05) is 60.7 Å². The van der Waals surface area contributed by atoms with Crippen molar-refractivity contribution in [3.63, 3.8) is 0 Å². The summed E-state index contributed by atoms with van der Waals surface area (Å²) in [5.41, 5.74) is 9.23. The summed E-state index contributed by atoms with van der Waals surface area (Å²) in [5.74, 6) is 1.54. The van der Waals surface area contributed by atoms with Crippen molar-refractivity contribution in [1.29, 1.82) is 0 Å². The molecule has 5 nitrogen and oxygen atoms in total. The Morgan fingerprint density at radius 1 is 0.905 bits per heavy atom. The minimum absolute atomic E-state index is 0.492. The molecule has 1 aliphatic heterocycles. The van der Waals surface area contributed by atoms with Crippen molar-refractivity contribution < 1.29 is 14.0 Å². The molecule has 0 fully saturated rings. The molecule has 5 heteroatoms. The van der Waals surface area contributed by atoms with E-state index in [0.717, 1.165) is 52.6 Å². The monoisotopic (exact) mass is 556 g/mol. The first kappa shape index (κ1) is 28.7. The van der Waals surface area contributed by atoms with Gasteiger partial charge < -0.3 is 19.4 Å². The highest BCUT2D eigenvalue weighted by molar-refractivity contribution is 6.06. The summed E-state index contributed by atoms with van der Waals surface area (Å²) in [5, 5.41) is 3.30. The van der Waals surface area contributed by atoms with Gasteiger partial charge in [-0.05, 0) is 67.9 Å². The standard InChI is InChI=1S/C37H38N3O2/c1-28-22-32(40(4)37(28)35(19-20-38-2)36-16-11-21-39(36)3)18-17-31-23-33(41-26-29-12-7-5-8-13-29)25-34(24-31)42-27-30-14-9-6-10-15-30/h5-10,12-18,22-25,38H,19-20,26-27H2,1-4H3/q+1. The van der Waals surface area contributed by atoms with E-state index >= 15 is 0 Å². The van der Waals surface area contributed by atoms with Crippen LogP contribution in [0.3, 0.4) is 0 Å². The Labute approximate surface area is 249 Å². The maximum absolute atomic E-state index is 6.21. The van der Waals surface area contributed by atoms with Crippen molar-refractivity contribution in [1.82, 2.24) is 9.88 Å². The molecule has 3 aromatic carbocycles. The lowest BCUT2D eigenvalue weighted by Crippen LogP contribution is -2.14. The van der Waals surface area contributed by atoms with Gasteiger partial charge in [-0.25, -0.2) is 0 Å². The average molecular weight is 557 g/mol. The summed E-state index contributed by atoms with van der Waals surface area (Å²) in [7, 11) is 6.14. The van der Waals surface area contributed by atoms with Gasteiger partial charge in [0, 0.05) is 43.1 Å². The van der Waals surface area contributed by atoms with Crippen LogP contribution in [0.2, 0.25) is 0 Å². The van der Waals surface area contributed by atoms with Gasteiger partial charge in [0.1, 0.15) is 31.8 Å². The van der Waals surface area contributed by atoms with E-state index in [9.17, 15) is 0 Å². The molecule has 1 aromatic heterocycles. The summed E-state index contributed by atoms with van der Waals surface area (Å²) in [4.78, 5) is 0. The number of hydrogen-bond acceptors (Lipinski definition) is 3. The number of nitrogens with one attached hydrogen (secondary N) is 1. The number of benzene rings is 3. The van der Waals surface area contributed by atoms with Crippen molar-refractivity contribution in [3.8, 4) is 11.5 Å². The van der Waals surface area contributed by atoms with Gasteiger partial charge in [-0.15, -0.1) is 0 Å².